The lowest BCUT2D eigenvalue weighted by molar-refractivity contribution is -0.119. The Labute approximate surface area is 190 Å². The van der Waals surface area contributed by atoms with Crippen LogP contribution < -0.4 is 20.0 Å². The van der Waals surface area contributed by atoms with Crippen molar-refractivity contribution in [2.75, 3.05) is 54.0 Å². The van der Waals surface area contributed by atoms with Gasteiger partial charge in [-0.15, -0.1) is 10.2 Å². The first kappa shape index (κ1) is 22.3. The molecule has 0 spiro atoms. The monoisotopic (exact) mass is 462 g/mol. The summed E-state index contributed by atoms with van der Waals surface area (Å²) in [6.07, 6.45) is -1.00. The van der Waals surface area contributed by atoms with Crippen molar-refractivity contribution in [1.29, 1.82) is 0 Å². The number of cyclic esters (lactones) is 1. The summed E-state index contributed by atoms with van der Waals surface area (Å²) in [5, 5.41) is 13.1. The Morgan fingerprint density at radius 3 is 2.59 bits per heavy atom. The number of piperazine rings is 1. The number of hydrogen-bond acceptors (Lipinski definition) is 8. The van der Waals surface area contributed by atoms with Gasteiger partial charge in [-0.1, -0.05) is 25.2 Å². The molecule has 0 bridgehead atoms. The van der Waals surface area contributed by atoms with Gasteiger partial charge in [-0.25, -0.2) is 9.18 Å². The van der Waals surface area contributed by atoms with Crippen LogP contribution >= 0.6 is 11.3 Å². The Morgan fingerprint density at radius 1 is 1.25 bits per heavy atom. The highest BCUT2D eigenvalue weighted by atomic mass is 32.1. The quantitative estimate of drug-likeness (QED) is 0.706. The van der Waals surface area contributed by atoms with Gasteiger partial charge in [0.2, 0.25) is 11.0 Å². The van der Waals surface area contributed by atoms with E-state index in [0.717, 1.165) is 23.2 Å². The molecule has 2 fully saturated rings. The van der Waals surface area contributed by atoms with Crippen LogP contribution in [0.3, 0.4) is 0 Å². The lowest BCUT2D eigenvalue weighted by atomic mass is 10.2. The molecule has 11 heteroatoms. The minimum atomic E-state index is -0.543. The summed E-state index contributed by atoms with van der Waals surface area (Å²) in [5.74, 6) is -0.225. The van der Waals surface area contributed by atoms with E-state index in [1.807, 2.05) is 4.90 Å². The molecule has 2 aromatic rings. The van der Waals surface area contributed by atoms with Gasteiger partial charge in [-0.05, 0) is 18.2 Å². The van der Waals surface area contributed by atoms with Gasteiger partial charge in [0, 0.05) is 39.0 Å². The summed E-state index contributed by atoms with van der Waals surface area (Å²) in [4.78, 5) is 28.8. The van der Waals surface area contributed by atoms with E-state index in [1.165, 1.54) is 17.9 Å². The molecule has 9 nitrogen and oxygen atoms in total. The van der Waals surface area contributed by atoms with E-state index in [-0.39, 0.29) is 24.8 Å². The van der Waals surface area contributed by atoms with Crippen molar-refractivity contribution in [3.63, 3.8) is 0 Å². The SMILES string of the molecule is CC(=O)NC[C@H]1CN(c2ccc(N3CCN(c4nnc(C(C)C)s4)CC3)c(F)c2)C(=O)O1. The van der Waals surface area contributed by atoms with E-state index >= 15 is 0 Å². The number of halogens is 1. The summed E-state index contributed by atoms with van der Waals surface area (Å²) in [6, 6.07) is 4.80. The topological polar surface area (TPSA) is 90.9 Å². The molecule has 1 N–H and O–H groups in total. The van der Waals surface area contributed by atoms with Gasteiger partial charge in [0.05, 0.1) is 24.5 Å². The molecule has 0 radical (unpaired) electrons. The Bertz CT molecular complexity index is 992. The number of aromatic nitrogens is 2. The number of anilines is 3. The Balaban J connectivity index is 1.37. The third kappa shape index (κ3) is 4.77. The number of hydrogen-bond donors (Lipinski definition) is 1. The fraction of sp³-hybridized carbons (Fsp3) is 0.524. The highest BCUT2D eigenvalue weighted by molar-refractivity contribution is 7.15. The van der Waals surface area contributed by atoms with Gasteiger partial charge in [-0.3, -0.25) is 9.69 Å². The highest BCUT2D eigenvalue weighted by Gasteiger charge is 2.33. The molecule has 32 heavy (non-hydrogen) atoms. The Hall–Kier alpha value is -2.95. The van der Waals surface area contributed by atoms with Crippen molar-refractivity contribution in [2.45, 2.75) is 32.8 Å². The van der Waals surface area contributed by atoms with Gasteiger partial charge in [0.1, 0.15) is 16.9 Å². The number of nitrogens with zero attached hydrogens (tertiary/aromatic N) is 5. The maximum absolute atomic E-state index is 15.0. The number of carbonyl (C=O) groups is 2. The summed E-state index contributed by atoms with van der Waals surface area (Å²) >= 11 is 1.61. The van der Waals surface area contributed by atoms with E-state index in [9.17, 15) is 14.0 Å². The first-order valence-corrected chi connectivity index (χ1v) is 11.5. The van der Waals surface area contributed by atoms with Gasteiger partial charge >= 0.3 is 6.09 Å². The van der Waals surface area contributed by atoms with Crippen molar-refractivity contribution in [2.24, 2.45) is 0 Å². The van der Waals surface area contributed by atoms with Crippen LogP contribution in [0.25, 0.3) is 0 Å². The van der Waals surface area contributed by atoms with Crippen LogP contribution in [0.15, 0.2) is 18.2 Å². The molecule has 2 aliphatic heterocycles. The van der Waals surface area contributed by atoms with Crippen LogP contribution in [0.4, 0.5) is 25.7 Å². The van der Waals surface area contributed by atoms with Gasteiger partial charge < -0.3 is 19.9 Å². The molecule has 1 atom stereocenters. The summed E-state index contributed by atoms with van der Waals surface area (Å²) in [5.41, 5.74) is 0.950. The molecule has 172 valence electrons. The second-order valence-corrected chi connectivity index (χ2v) is 9.23. The largest absolute Gasteiger partial charge is 0.442 e. The number of nitrogens with one attached hydrogen (secondary N) is 1. The third-order valence-corrected chi connectivity index (χ3v) is 6.80. The Kier molecular flexibility index (Phi) is 6.45. The maximum atomic E-state index is 15.0. The van der Waals surface area contributed by atoms with Crippen molar-refractivity contribution in [3.8, 4) is 0 Å². The third-order valence-electron chi connectivity index (χ3n) is 5.51. The second-order valence-electron chi connectivity index (χ2n) is 8.24. The van der Waals surface area contributed by atoms with Crippen LogP contribution in [0, 0.1) is 5.82 Å². The van der Waals surface area contributed by atoms with Gasteiger partial charge in [-0.2, -0.15) is 0 Å². The van der Waals surface area contributed by atoms with Crippen molar-refractivity contribution >= 4 is 39.8 Å². The number of amides is 2. The van der Waals surface area contributed by atoms with Crippen LogP contribution in [0.2, 0.25) is 0 Å². The van der Waals surface area contributed by atoms with Gasteiger partial charge in [0.15, 0.2) is 0 Å². The smallest absolute Gasteiger partial charge is 0.414 e. The highest BCUT2D eigenvalue weighted by Crippen LogP contribution is 2.30. The maximum Gasteiger partial charge on any atom is 0.414 e. The number of carbonyl (C=O) groups excluding carboxylic acids is 2. The number of benzene rings is 1. The number of rotatable bonds is 6. The molecular weight excluding hydrogens is 435 g/mol. The zero-order valence-electron chi connectivity index (χ0n) is 18.4. The molecule has 1 aromatic carbocycles. The zero-order valence-corrected chi connectivity index (χ0v) is 19.2. The average molecular weight is 463 g/mol. The molecule has 2 saturated heterocycles. The second kappa shape index (κ2) is 9.27. The van der Waals surface area contributed by atoms with Crippen molar-refractivity contribution < 1.29 is 18.7 Å². The van der Waals surface area contributed by atoms with Crippen LogP contribution in [-0.4, -0.2) is 67.6 Å². The molecular formula is C21H27FN6O3S. The fourth-order valence-corrected chi connectivity index (χ4v) is 4.64. The Morgan fingerprint density at radius 2 is 1.97 bits per heavy atom. The minimum absolute atomic E-state index is 0.193. The molecule has 0 aliphatic carbocycles. The van der Waals surface area contributed by atoms with Crippen LogP contribution in [-0.2, 0) is 9.53 Å². The zero-order chi connectivity index (χ0) is 22.8. The van der Waals surface area contributed by atoms with E-state index in [0.29, 0.717) is 30.4 Å². The molecule has 3 heterocycles. The van der Waals surface area contributed by atoms with Gasteiger partial charge in [0.25, 0.3) is 0 Å². The molecule has 0 saturated carbocycles. The first-order chi connectivity index (χ1) is 15.3. The lowest BCUT2D eigenvalue weighted by Gasteiger charge is -2.36. The molecule has 0 unspecified atom stereocenters. The van der Waals surface area contributed by atoms with Crippen LogP contribution in [0.1, 0.15) is 31.7 Å². The van der Waals surface area contributed by atoms with E-state index in [4.69, 9.17) is 4.74 Å². The lowest BCUT2D eigenvalue weighted by Crippen LogP contribution is -2.46. The molecule has 2 amide bonds. The standard InChI is InChI=1S/C21H27FN6O3S/c1-13(2)19-24-25-20(32-19)27-8-6-26(7-9-27)18-5-4-15(10-17(18)22)28-12-16(31-21(28)30)11-23-14(3)29/h4-5,10,13,16H,6-9,11-12H2,1-3H3,(H,23,29)/t16-/m0/s1. The van der Waals surface area contributed by atoms with Crippen molar-refractivity contribution in [3.05, 3.63) is 29.0 Å². The average Bonchev–Trinajstić information content (AvgIpc) is 3.39. The van der Waals surface area contributed by atoms with E-state index < -0.39 is 12.2 Å². The minimum Gasteiger partial charge on any atom is -0.442 e. The van der Waals surface area contributed by atoms with Crippen molar-refractivity contribution in [1.82, 2.24) is 15.5 Å². The predicted octanol–water partition coefficient (Wildman–Crippen LogP) is 2.59. The van der Waals surface area contributed by atoms with Crippen LogP contribution in [0.5, 0.6) is 0 Å². The molecule has 4 rings (SSSR count). The summed E-state index contributed by atoms with van der Waals surface area (Å²) < 4.78 is 20.2. The summed E-state index contributed by atoms with van der Waals surface area (Å²) in [7, 11) is 0. The number of ether oxygens (including phenoxy) is 1. The first-order valence-electron chi connectivity index (χ1n) is 10.7. The molecule has 2 aliphatic rings. The predicted molar refractivity (Wildman–Crippen MR) is 121 cm³/mol. The summed E-state index contributed by atoms with van der Waals surface area (Å²) in [6.45, 7) is 8.88. The molecule has 1 aromatic heterocycles. The van der Waals surface area contributed by atoms with E-state index in [2.05, 4.69) is 34.3 Å². The normalized spacial score (nSPS) is 19.0. The fourth-order valence-electron chi connectivity index (χ4n) is 3.74. The van der Waals surface area contributed by atoms with E-state index in [1.54, 1.807) is 23.5 Å².